The SMILES string of the molecule is O=CCl.[CH3][Sn][CH3]. The van der Waals surface area contributed by atoms with Crippen molar-refractivity contribution in [3.05, 3.63) is 0 Å². The van der Waals surface area contributed by atoms with Crippen molar-refractivity contribution in [2.45, 2.75) is 9.88 Å². The first-order chi connectivity index (χ1) is 2.83. The van der Waals surface area contributed by atoms with Crippen LogP contribution in [0.5, 0.6) is 0 Å². The zero-order valence-corrected chi connectivity index (χ0v) is 7.47. The summed E-state index contributed by atoms with van der Waals surface area (Å²) < 4.78 is 0. The molecule has 0 saturated carbocycles. The summed E-state index contributed by atoms with van der Waals surface area (Å²) in [5.74, 6) is 0.222. The Morgan fingerprint density at radius 2 is 1.67 bits per heavy atom. The zero-order chi connectivity index (χ0) is 5.41. The van der Waals surface area contributed by atoms with Crippen LogP contribution in [-0.4, -0.2) is 26.9 Å². The van der Waals surface area contributed by atoms with Crippen molar-refractivity contribution >= 4 is 38.5 Å². The molecule has 0 aromatic heterocycles. The number of hydrogen-bond donors (Lipinski definition) is 0. The number of hydrogen-bond acceptors (Lipinski definition) is 1. The van der Waals surface area contributed by atoms with Gasteiger partial charge < -0.3 is 0 Å². The molecule has 0 spiro atoms. The maximum absolute atomic E-state index is 8.57. The van der Waals surface area contributed by atoms with E-state index in [0.717, 1.165) is 0 Å². The summed E-state index contributed by atoms with van der Waals surface area (Å²) in [7, 11) is 0. The molecule has 0 saturated heterocycles. The molecule has 0 N–H and O–H groups in total. The number of rotatable bonds is 0. The van der Waals surface area contributed by atoms with Gasteiger partial charge >= 0.3 is 31.0 Å². The average Bonchev–Trinajstić information content (AvgIpc) is 1.39. The Morgan fingerprint density at radius 1 is 1.67 bits per heavy atom. The van der Waals surface area contributed by atoms with Crippen LogP contribution in [0.15, 0.2) is 0 Å². The molecule has 0 aliphatic heterocycles. The van der Waals surface area contributed by atoms with Gasteiger partial charge in [-0.3, -0.25) is 4.79 Å². The molecule has 0 aliphatic rings. The second-order valence-electron chi connectivity index (χ2n) is 0.589. The van der Waals surface area contributed by atoms with Gasteiger partial charge in [0.1, 0.15) is 0 Å². The standard InChI is InChI=1S/CHClO.2CH3.Sn/c2-1-3;;;/h1H;2*1H3;. The molecule has 6 heavy (non-hydrogen) atoms. The van der Waals surface area contributed by atoms with Crippen LogP contribution in [0.2, 0.25) is 9.88 Å². The topological polar surface area (TPSA) is 17.1 Å². The van der Waals surface area contributed by atoms with E-state index >= 15 is 0 Å². The minimum atomic E-state index is 0.222. The molecule has 0 unspecified atom stereocenters. The molecule has 0 bridgehead atoms. The Labute approximate surface area is 53.3 Å². The fourth-order valence-electron chi connectivity index (χ4n) is 0. The van der Waals surface area contributed by atoms with Gasteiger partial charge in [-0.05, 0) is 11.6 Å². The molecule has 0 aliphatic carbocycles. The third-order valence-corrected chi connectivity index (χ3v) is 0. The molecule has 0 aromatic rings. The monoisotopic (exact) mass is 214 g/mol. The third-order valence-electron chi connectivity index (χ3n) is 0. The Balaban J connectivity index is 0. The first-order valence-electron chi connectivity index (χ1n) is 1.45. The normalized spacial score (nSPS) is 5.17. The molecule has 1 nitrogen and oxygen atoms in total. The first-order valence-corrected chi connectivity index (χ1v) is 7.60. The zero-order valence-electron chi connectivity index (χ0n) is 3.86. The quantitative estimate of drug-likeness (QED) is 0.336. The van der Waals surface area contributed by atoms with Gasteiger partial charge in [0, 0.05) is 0 Å². The molecule has 0 amide bonds. The van der Waals surface area contributed by atoms with E-state index in [1.807, 2.05) is 0 Å². The van der Waals surface area contributed by atoms with E-state index in [9.17, 15) is 0 Å². The van der Waals surface area contributed by atoms with Gasteiger partial charge in [0.25, 0.3) is 0 Å². The van der Waals surface area contributed by atoms with Crippen LogP contribution in [0.1, 0.15) is 0 Å². The van der Waals surface area contributed by atoms with E-state index in [1.54, 1.807) is 0 Å². The minimum absolute atomic E-state index is 0.222. The third kappa shape index (κ3) is 117. The molecule has 3 heteroatoms. The molecule has 0 fully saturated rings. The van der Waals surface area contributed by atoms with E-state index in [1.165, 1.54) is 0 Å². The Morgan fingerprint density at radius 3 is 1.67 bits per heavy atom. The van der Waals surface area contributed by atoms with Crippen molar-refractivity contribution in [2.75, 3.05) is 0 Å². The van der Waals surface area contributed by atoms with Crippen molar-refractivity contribution in [1.82, 2.24) is 0 Å². The van der Waals surface area contributed by atoms with Gasteiger partial charge in [0.2, 0.25) is 5.75 Å². The van der Waals surface area contributed by atoms with Gasteiger partial charge in [-0.25, -0.2) is 0 Å². The molecule has 0 atom stereocenters. The van der Waals surface area contributed by atoms with Crippen LogP contribution >= 0.6 is 11.6 Å². The number of carbonyl (C=O) groups excluding carboxylic acids is 1. The molecule has 2 radical (unpaired) electrons. The van der Waals surface area contributed by atoms with Gasteiger partial charge in [-0.1, -0.05) is 0 Å². The molecule has 36 valence electrons. The Hall–Kier alpha value is 0.759. The van der Waals surface area contributed by atoms with Crippen molar-refractivity contribution in [3.8, 4) is 0 Å². The summed E-state index contributed by atoms with van der Waals surface area (Å²) in [5.41, 5.74) is 0. The summed E-state index contributed by atoms with van der Waals surface area (Å²) in [4.78, 5) is 13.2. The second kappa shape index (κ2) is 17.1. The van der Waals surface area contributed by atoms with E-state index in [-0.39, 0.29) is 26.9 Å². The summed E-state index contributed by atoms with van der Waals surface area (Å²) in [6, 6.07) is 0. The summed E-state index contributed by atoms with van der Waals surface area (Å²) in [6.07, 6.45) is 0. The predicted octanol–water partition coefficient (Wildman–Crippen LogP) is 1.20. The summed E-state index contributed by atoms with van der Waals surface area (Å²) in [5, 5.41) is 0. The summed E-state index contributed by atoms with van der Waals surface area (Å²) >= 11 is 4.55. The van der Waals surface area contributed by atoms with Crippen molar-refractivity contribution in [2.24, 2.45) is 0 Å². The van der Waals surface area contributed by atoms with Crippen LogP contribution in [-0.2, 0) is 4.79 Å². The molecular formula is C3H7ClOSn. The predicted molar refractivity (Wildman–Crippen MR) is 30.1 cm³/mol. The molecule has 0 rings (SSSR count). The maximum atomic E-state index is 8.57. The van der Waals surface area contributed by atoms with Gasteiger partial charge in [0.15, 0.2) is 0 Å². The van der Waals surface area contributed by atoms with Crippen LogP contribution in [0, 0.1) is 0 Å². The second-order valence-corrected chi connectivity index (χ2v) is 3.62. The van der Waals surface area contributed by atoms with Crippen molar-refractivity contribution in [3.63, 3.8) is 0 Å². The van der Waals surface area contributed by atoms with E-state index in [4.69, 9.17) is 4.79 Å². The van der Waals surface area contributed by atoms with E-state index in [0.29, 0.717) is 0 Å². The fraction of sp³-hybridized carbons (Fsp3) is 0.667. The Kier molecular flexibility index (Phi) is 28.3. The Bertz CT molecular complexity index is 24.8. The molecule has 0 heterocycles. The van der Waals surface area contributed by atoms with Gasteiger partial charge in [-0.15, -0.1) is 0 Å². The molecule has 0 aromatic carbocycles. The summed E-state index contributed by atoms with van der Waals surface area (Å²) in [6.45, 7) is 0. The van der Waals surface area contributed by atoms with Crippen LogP contribution in [0.4, 0.5) is 0 Å². The van der Waals surface area contributed by atoms with E-state index < -0.39 is 0 Å². The van der Waals surface area contributed by atoms with Crippen molar-refractivity contribution in [1.29, 1.82) is 0 Å². The average molecular weight is 213 g/mol. The van der Waals surface area contributed by atoms with Gasteiger partial charge in [0.05, 0.1) is 0 Å². The van der Waals surface area contributed by atoms with Gasteiger partial charge in [-0.2, -0.15) is 0 Å². The van der Waals surface area contributed by atoms with Crippen LogP contribution in [0.3, 0.4) is 0 Å². The molecular weight excluding hydrogens is 206 g/mol. The van der Waals surface area contributed by atoms with Crippen LogP contribution in [0.25, 0.3) is 0 Å². The fourth-order valence-corrected chi connectivity index (χ4v) is 0. The first kappa shape index (κ1) is 9.90. The number of carbonyl (C=O) groups is 1. The van der Waals surface area contributed by atoms with Crippen LogP contribution < -0.4 is 0 Å². The number of halogens is 1. The van der Waals surface area contributed by atoms with Crippen molar-refractivity contribution < 1.29 is 4.79 Å². The van der Waals surface area contributed by atoms with E-state index in [2.05, 4.69) is 21.5 Å².